The minimum atomic E-state index is -0.588. The molecule has 3 aromatic rings. The largest absolute Gasteiger partial charge is 0.468 e. The van der Waals surface area contributed by atoms with Gasteiger partial charge < -0.3 is 15.0 Å². The van der Waals surface area contributed by atoms with Crippen LogP contribution in [-0.4, -0.2) is 23.7 Å². The van der Waals surface area contributed by atoms with Crippen LogP contribution >= 0.6 is 0 Å². The lowest BCUT2D eigenvalue weighted by atomic mass is 10.2. The lowest BCUT2D eigenvalue weighted by Gasteiger charge is -2.11. The van der Waals surface area contributed by atoms with Crippen molar-refractivity contribution in [1.82, 2.24) is 4.57 Å². The zero-order chi connectivity index (χ0) is 14.8. The Morgan fingerprint density at radius 2 is 1.62 bits per heavy atom. The van der Waals surface area contributed by atoms with Gasteiger partial charge in [-0.15, -0.1) is 0 Å². The third-order valence-corrected chi connectivity index (χ3v) is 3.85. The van der Waals surface area contributed by atoms with Crippen molar-refractivity contribution >= 4 is 27.8 Å². The van der Waals surface area contributed by atoms with Crippen molar-refractivity contribution in [2.75, 3.05) is 7.11 Å². The van der Waals surface area contributed by atoms with E-state index in [2.05, 4.69) is 33.6 Å². The predicted octanol–water partition coefficient (Wildman–Crippen LogP) is 2.68. The summed E-state index contributed by atoms with van der Waals surface area (Å²) in [7, 11) is 1.36. The van der Waals surface area contributed by atoms with Crippen molar-refractivity contribution in [1.29, 1.82) is 0 Å². The molecule has 3 rings (SSSR count). The number of ether oxygens (including phenoxy) is 1. The van der Waals surface area contributed by atoms with E-state index < -0.39 is 6.04 Å². The monoisotopic (exact) mass is 282 g/mol. The number of hydrogen-bond acceptors (Lipinski definition) is 3. The van der Waals surface area contributed by atoms with Crippen molar-refractivity contribution in [3.8, 4) is 0 Å². The van der Waals surface area contributed by atoms with Crippen molar-refractivity contribution in [3.05, 3.63) is 48.5 Å². The van der Waals surface area contributed by atoms with Crippen LogP contribution in [0.15, 0.2) is 48.5 Å². The van der Waals surface area contributed by atoms with Gasteiger partial charge in [0.1, 0.15) is 6.04 Å². The highest BCUT2D eigenvalue weighted by Gasteiger charge is 2.15. The van der Waals surface area contributed by atoms with Crippen molar-refractivity contribution < 1.29 is 9.53 Å². The number of nitrogens with two attached hydrogens (primary N) is 1. The highest BCUT2D eigenvalue weighted by molar-refractivity contribution is 6.07. The topological polar surface area (TPSA) is 57.2 Å². The van der Waals surface area contributed by atoms with E-state index in [0.29, 0.717) is 13.0 Å². The van der Waals surface area contributed by atoms with Crippen molar-refractivity contribution in [2.45, 2.75) is 19.0 Å². The third kappa shape index (κ3) is 2.38. The van der Waals surface area contributed by atoms with E-state index in [1.54, 1.807) is 0 Å². The first kappa shape index (κ1) is 13.6. The molecule has 21 heavy (non-hydrogen) atoms. The van der Waals surface area contributed by atoms with E-state index in [-0.39, 0.29) is 5.97 Å². The Labute approximate surface area is 123 Å². The molecular weight excluding hydrogens is 264 g/mol. The van der Waals surface area contributed by atoms with Gasteiger partial charge in [-0.3, -0.25) is 4.79 Å². The summed E-state index contributed by atoms with van der Waals surface area (Å²) in [6.45, 7) is 0.685. The molecule has 0 bridgehead atoms. The maximum Gasteiger partial charge on any atom is 0.322 e. The summed E-state index contributed by atoms with van der Waals surface area (Å²) in [4.78, 5) is 11.4. The van der Waals surface area contributed by atoms with Gasteiger partial charge in [0.15, 0.2) is 0 Å². The molecule has 108 valence electrons. The Bertz CT molecular complexity index is 738. The van der Waals surface area contributed by atoms with E-state index in [1.807, 2.05) is 24.3 Å². The number of benzene rings is 2. The highest BCUT2D eigenvalue weighted by atomic mass is 16.5. The normalized spacial score (nSPS) is 12.7. The molecule has 1 atom stereocenters. The van der Waals surface area contributed by atoms with Crippen molar-refractivity contribution in [2.24, 2.45) is 5.73 Å². The van der Waals surface area contributed by atoms with E-state index in [9.17, 15) is 4.79 Å². The first-order valence-corrected chi connectivity index (χ1v) is 7.01. The molecule has 0 aliphatic rings. The Morgan fingerprint density at radius 1 is 1.10 bits per heavy atom. The fourth-order valence-electron chi connectivity index (χ4n) is 2.78. The van der Waals surface area contributed by atoms with Crippen LogP contribution in [0.1, 0.15) is 6.42 Å². The summed E-state index contributed by atoms with van der Waals surface area (Å²) in [5.41, 5.74) is 8.17. The van der Waals surface area contributed by atoms with Crippen LogP contribution in [0.2, 0.25) is 0 Å². The molecule has 2 aromatic carbocycles. The smallest absolute Gasteiger partial charge is 0.322 e. The summed E-state index contributed by atoms with van der Waals surface area (Å²) in [5.74, 6) is -0.365. The predicted molar refractivity (Wildman–Crippen MR) is 84.1 cm³/mol. The van der Waals surface area contributed by atoms with Gasteiger partial charge in [0.05, 0.1) is 7.11 Å². The number of para-hydroxylation sites is 2. The van der Waals surface area contributed by atoms with E-state index in [4.69, 9.17) is 5.73 Å². The molecule has 1 aromatic heterocycles. The summed E-state index contributed by atoms with van der Waals surface area (Å²) >= 11 is 0. The molecule has 0 saturated carbocycles. The molecular formula is C17H18N2O2. The first-order valence-electron chi connectivity index (χ1n) is 7.01. The average Bonchev–Trinajstić information content (AvgIpc) is 2.86. The maximum absolute atomic E-state index is 11.4. The van der Waals surface area contributed by atoms with Gasteiger partial charge in [-0.05, 0) is 18.6 Å². The van der Waals surface area contributed by atoms with Crippen LogP contribution < -0.4 is 5.73 Å². The minimum absolute atomic E-state index is 0.365. The number of fused-ring (bicyclic) bond motifs is 3. The van der Waals surface area contributed by atoms with Gasteiger partial charge in [0.25, 0.3) is 0 Å². The molecule has 4 nitrogen and oxygen atoms in total. The van der Waals surface area contributed by atoms with E-state index >= 15 is 0 Å². The van der Waals surface area contributed by atoms with Gasteiger partial charge >= 0.3 is 5.97 Å². The molecule has 0 radical (unpaired) electrons. The number of carbonyl (C=O) groups excluding carboxylic acids is 1. The van der Waals surface area contributed by atoms with Gasteiger partial charge in [0.2, 0.25) is 0 Å². The van der Waals surface area contributed by atoms with Gasteiger partial charge in [0, 0.05) is 28.4 Å². The Hall–Kier alpha value is -2.33. The number of aromatic nitrogens is 1. The Kier molecular flexibility index (Phi) is 3.62. The molecule has 0 spiro atoms. The number of rotatable bonds is 4. The fraction of sp³-hybridized carbons (Fsp3) is 0.235. The number of hydrogen-bond donors (Lipinski definition) is 1. The highest BCUT2D eigenvalue weighted by Crippen LogP contribution is 2.28. The molecule has 1 unspecified atom stereocenters. The molecule has 0 saturated heterocycles. The number of carbonyl (C=O) groups is 1. The average molecular weight is 282 g/mol. The lowest BCUT2D eigenvalue weighted by molar-refractivity contribution is -0.142. The summed E-state index contributed by atoms with van der Waals surface area (Å²) in [6.07, 6.45) is 0.551. The molecule has 0 amide bonds. The Morgan fingerprint density at radius 3 is 2.14 bits per heavy atom. The zero-order valence-corrected chi connectivity index (χ0v) is 12.0. The van der Waals surface area contributed by atoms with Gasteiger partial charge in [-0.1, -0.05) is 36.4 Å². The van der Waals surface area contributed by atoms with Gasteiger partial charge in [-0.2, -0.15) is 0 Å². The second-order valence-corrected chi connectivity index (χ2v) is 5.10. The second-order valence-electron chi connectivity index (χ2n) is 5.10. The fourth-order valence-corrected chi connectivity index (χ4v) is 2.78. The Balaban J connectivity index is 2.02. The number of esters is 1. The zero-order valence-electron chi connectivity index (χ0n) is 12.0. The number of nitrogens with zero attached hydrogens (tertiary/aromatic N) is 1. The molecule has 2 N–H and O–H groups in total. The first-order chi connectivity index (χ1) is 10.2. The standard InChI is InChI=1S/C17H18N2O2/c1-21-17(20)14(18)10-11-19-15-8-4-2-6-12(15)13-7-3-5-9-16(13)19/h2-9,14H,10-11,18H2,1H3. The van der Waals surface area contributed by atoms with Crippen LogP contribution in [0.25, 0.3) is 21.8 Å². The molecule has 0 fully saturated rings. The molecule has 1 heterocycles. The van der Waals surface area contributed by atoms with Crippen LogP contribution in [0.5, 0.6) is 0 Å². The molecule has 4 heteroatoms. The third-order valence-electron chi connectivity index (χ3n) is 3.85. The van der Waals surface area contributed by atoms with Crippen LogP contribution in [0, 0.1) is 0 Å². The summed E-state index contributed by atoms with van der Waals surface area (Å²) in [5, 5.41) is 2.44. The SMILES string of the molecule is COC(=O)C(N)CCn1c2ccccc2c2ccccc21. The van der Waals surface area contributed by atoms with Crippen molar-refractivity contribution in [3.63, 3.8) is 0 Å². The van der Waals surface area contributed by atoms with Crippen LogP contribution in [0.3, 0.4) is 0 Å². The molecule has 0 aliphatic carbocycles. The van der Waals surface area contributed by atoms with Crippen LogP contribution in [0.4, 0.5) is 0 Å². The van der Waals surface area contributed by atoms with E-state index in [1.165, 1.54) is 17.9 Å². The number of methoxy groups -OCH3 is 1. The minimum Gasteiger partial charge on any atom is -0.468 e. The van der Waals surface area contributed by atoms with E-state index in [0.717, 1.165) is 11.0 Å². The quantitative estimate of drug-likeness (QED) is 0.748. The summed E-state index contributed by atoms with van der Waals surface area (Å²) in [6, 6.07) is 16.0. The number of aryl methyl sites for hydroxylation is 1. The maximum atomic E-state index is 11.4. The summed E-state index contributed by atoms with van der Waals surface area (Å²) < 4.78 is 6.90. The lowest BCUT2D eigenvalue weighted by Crippen LogP contribution is -2.32. The van der Waals surface area contributed by atoms with Crippen LogP contribution in [-0.2, 0) is 16.1 Å². The van der Waals surface area contributed by atoms with Gasteiger partial charge in [-0.25, -0.2) is 0 Å². The second kappa shape index (κ2) is 5.58. The molecule has 0 aliphatic heterocycles.